The van der Waals surface area contributed by atoms with Crippen LogP contribution in [0.15, 0.2) is 72.9 Å². The molecular formula is C25H22N2O3. The van der Waals surface area contributed by atoms with E-state index in [2.05, 4.69) is 42.2 Å². The number of benzene rings is 3. The summed E-state index contributed by atoms with van der Waals surface area (Å²) in [4.78, 5) is 27.0. The summed E-state index contributed by atoms with van der Waals surface area (Å²) in [7, 11) is 0. The van der Waals surface area contributed by atoms with Gasteiger partial charge in [-0.15, -0.1) is 0 Å². The molecule has 30 heavy (non-hydrogen) atoms. The van der Waals surface area contributed by atoms with Gasteiger partial charge < -0.3 is 15.0 Å². The van der Waals surface area contributed by atoms with Crippen molar-refractivity contribution in [3.05, 3.63) is 89.6 Å². The van der Waals surface area contributed by atoms with E-state index in [0.717, 1.165) is 11.1 Å². The van der Waals surface area contributed by atoms with Gasteiger partial charge in [-0.25, -0.2) is 0 Å². The number of piperidine rings is 1. The normalized spacial score (nSPS) is 18.5. The highest BCUT2D eigenvalue weighted by molar-refractivity contribution is 6.02. The number of hydrogen-bond acceptors (Lipinski definition) is 3. The Balaban J connectivity index is 1.36. The number of hydrogen-bond donors (Lipinski definition) is 1. The lowest BCUT2D eigenvalue weighted by Crippen LogP contribution is -2.49. The van der Waals surface area contributed by atoms with Crippen molar-refractivity contribution in [2.24, 2.45) is 0 Å². The zero-order valence-electron chi connectivity index (χ0n) is 16.6. The third-order valence-corrected chi connectivity index (χ3v) is 5.86. The molecule has 1 unspecified atom stereocenters. The largest absolute Gasteiger partial charge is 0.489 e. The van der Waals surface area contributed by atoms with Gasteiger partial charge in [0, 0.05) is 16.8 Å². The molecule has 3 aromatic carbocycles. The predicted octanol–water partition coefficient (Wildman–Crippen LogP) is 4.17. The van der Waals surface area contributed by atoms with Gasteiger partial charge in [0.15, 0.2) is 0 Å². The Labute approximate surface area is 174 Å². The molecular weight excluding hydrogens is 376 g/mol. The van der Waals surface area contributed by atoms with E-state index in [9.17, 15) is 9.59 Å². The van der Waals surface area contributed by atoms with Crippen LogP contribution in [0.5, 0.6) is 5.75 Å². The first-order valence-electron chi connectivity index (χ1n) is 10.1. The number of carbonyl (C=O) groups excluding carboxylic acids is 2. The van der Waals surface area contributed by atoms with E-state index in [0.29, 0.717) is 43.0 Å². The summed E-state index contributed by atoms with van der Waals surface area (Å²) in [5.41, 5.74) is 3.24. The summed E-state index contributed by atoms with van der Waals surface area (Å²) >= 11 is 0. The quantitative estimate of drug-likeness (QED) is 0.718. The van der Waals surface area contributed by atoms with Crippen LogP contribution in [0.4, 0.5) is 0 Å². The third kappa shape index (κ3) is 3.22. The smallest absolute Gasteiger partial charge is 0.255 e. The summed E-state index contributed by atoms with van der Waals surface area (Å²) in [5.74, 6) is 0.414. The Kier molecular flexibility index (Phi) is 4.51. The van der Waals surface area contributed by atoms with Crippen LogP contribution in [0.1, 0.15) is 34.3 Å². The molecule has 5 rings (SSSR count). The van der Waals surface area contributed by atoms with Gasteiger partial charge in [0.05, 0.1) is 6.54 Å². The monoisotopic (exact) mass is 398 g/mol. The molecule has 0 spiro atoms. The van der Waals surface area contributed by atoms with Crippen molar-refractivity contribution in [2.75, 3.05) is 0 Å². The summed E-state index contributed by atoms with van der Waals surface area (Å²) in [5, 5.41) is 5.13. The lowest BCUT2D eigenvalue weighted by atomic mass is 10.0. The van der Waals surface area contributed by atoms with Crippen LogP contribution < -0.4 is 10.1 Å². The average molecular weight is 398 g/mol. The van der Waals surface area contributed by atoms with Crippen molar-refractivity contribution >= 4 is 22.6 Å². The molecule has 2 amide bonds. The first-order valence-corrected chi connectivity index (χ1v) is 10.1. The molecule has 2 aliphatic rings. The van der Waals surface area contributed by atoms with Gasteiger partial charge in [0.2, 0.25) is 5.91 Å². The maximum atomic E-state index is 13.0. The van der Waals surface area contributed by atoms with Crippen molar-refractivity contribution < 1.29 is 14.3 Å². The fraction of sp³-hybridized carbons (Fsp3) is 0.200. The van der Waals surface area contributed by atoms with E-state index in [-0.39, 0.29) is 11.8 Å². The molecule has 1 fully saturated rings. The van der Waals surface area contributed by atoms with Crippen LogP contribution in [0.25, 0.3) is 10.8 Å². The van der Waals surface area contributed by atoms with Gasteiger partial charge in [-0.3, -0.25) is 9.59 Å². The summed E-state index contributed by atoms with van der Waals surface area (Å²) in [6.45, 7) is 4.61. The lowest BCUT2D eigenvalue weighted by Gasteiger charge is -2.31. The molecule has 3 aromatic rings. The van der Waals surface area contributed by atoms with Crippen LogP contribution in [0.3, 0.4) is 0 Å². The summed E-state index contributed by atoms with van der Waals surface area (Å²) in [6, 6.07) is 19.5. The van der Waals surface area contributed by atoms with E-state index in [1.54, 1.807) is 11.0 Å². The van der Waals surface area contributed by atoms with Crippen LogP contribution in [-0.4, -0.2) is 22.8 Å². The van der Waals surface area contributed by atoms with Gasteiger partial charge in [-0.1, -0.05) is 49.0 Å². The maximum absolute atomic E-state index is 13.0. The first kappa shape index (κ1) is 18.4. The molecule has 1 saturated heterocycles. The van der Waals surface area contributed by atoms with Crippen LogP contribution >= 0.6 is 0 Å². The maximum Gasteiger partial charge on any atom is 0.255 e. The predicted molar refractivity (Wildman–Crippen MR) is 115 cm³/mol. The minimum absolute atomic E-state index is 0.117. The Morgan fingerprint density at radius 1 is 1.03 bits per heavy atom. The van der Waals surface area contributed by atoms with Gasteiger partial charge in [-0.05, 0) is 47.4 Å². The minimum Gasteiger partial charge on any atom is -0.489 e. The van der Waals surface area contributed by atoms with Crippen molar-refractivity contribution in [2.45, 2.75) is 32.0 Å². The molecule has 0 saturated carbocycles. The van der Waals surface area contributed by atoms with Crippen LogP contribution in [0.2, 0.25) is 0 Å². The number of rotatable bonds is 4. The summed E-state index contributed by atoms with van der Waals surface area (Å²) in [6.07, 6.45) is 1.28. The molecule has 0 aromatic heterocycles. The highest BCUT2D eigenvalue weighted by atomic mass is 16.5. The van der Waals surface area contributed by atoms with Crippen molar-refractivity contribution in [1.29, 1.82) is 0 Å². The zero-order valence-corrected chi connectivity index (χ0v) is 16.6. The number of ether oxygens (including phenoxy) is 1. The Hall–Kier alpha value is -3.60. The van der Waals surface area contributed by atoms with Crippen molar-refractivity contribution in [1.82, 2.24) is 10.2 Å². The number of fused-ring (bicyclic) bond motifs is 2. The number of carbonyl (C=O) groups is 2. The number of nitrogens with one attached hydrogen (secondary N) is 1. The third-order valence-electron chi connectivity index (χ3n) is 5.86. The fourth-order valence-corrected chi connectivity index (χ4v) is 4.26. The number of amides is 2. The fourth-order valence-electron chi connectivity index (χ4n) is 4.26. The molecule has 0 bridgehead atoms. The molecule has 0 radical (unpaired) electrons. The standard InChI is InChI=1S/C25H22N2O3/c1-16-9-12-22(24(28)26-16)27-14-21-20(25(27)29)7-4-8-23(21)30-15-17-10-11-18-5-2-3-6-19(18)13-17/h2-8,10-11,13,22H,1,9,12,14-15H2,(H,26,28). The van der Waals surface area contributed by atoms with Gasteiger partial charge >= 0.3 is 0 Å². The molecule has 1 N–H and O–H groups in total. The van der Waals surface area contributed by atoms with Crippen LogP contribution in [0, 0.1) is 0 Å². The van der Waals surface area contributed by atoms with E-state index >= 15 is 0 Å². The highest BCUT2D eigenvalue weighted by Gasteiger charge is 2.39. The van der Waals surface area contributed by atoms with E-state index < -0.39 is 6.04 Å². The Morgan fingerprint density at radius 2 is 1.87 bits per heavy atom. The van der Waals surface area contributed by atoms with E-state index in [1.807, 2.05) is 24.3 Å². The molecule has 5 heteroatoms. The molecule has 150 valence electrons. The van der Waals surface area contributed by atoms with Crippen molar-refractivity contribution in [3.63, 3.8) is 0 Å². The second-order valence-electron chi connectivity index (χ2n) is 7.83. The molecule has 1 atom stereocenters. The lowest BCUT2D eigenvalue weighted by molar-refractivity contribution is -0.126. The Morgan fingerprint density at radius 3 is 2.70 bits per heavy atom. The second-order valence-corrected chi connectivity index (χ2v) is 7.83. The highest BCUT2D eigenvalue weighted by Crippen LogP contribution is 2.34. The van der Waals surface area contributed by atoms with Crippen LogP contribution in [-0.2, 0) is 17.9 Å². The van der Waals surface area contributed by atoms with Gasteiger partial charge in [0.1, 0.15) is 18.4 Å². The van der Waals surface area contributed by atoms with E-state index in [4.69, 9.17) is 4.74 Å². The Bertz CT molecular complexity index is 1180. The second kappa shape index (κ2) is 7.34. The van der Waals surface area contributed by atoms with Crippen molar-refractivity contribution in [3.8, 4) is 5.75 Å². The minimum atomic E-state index is -0.469. The molecule has 0 aliphatic carbocycles. The molecule has 5 nitrogen and oxygen atoms in total. The van der Waals surface area contributed by atoms with Gasteiger partial charge in [0.25, 0.3) is 5.91 Å². The van der Waals surface area contributed by atoms with E-state index in [1.165, 1.54) is 10.8 Å². The topological polar surface area (TPSA) is 58.6 Å². The summed E-state index contributed by atoms with van der Waals surface area (Å²) < 4.78 is 6.12. The first-order chi connectivity index (χ1) is 14.6. The average Bonchev–Trinajstić information content (AvgIpc) is 3.09. The molecule has 2 aliphatic heterocycles. The SMILES string of the molecule is C=C1CCC(N2Cc3c(OCc4ccc5ccccc5c4)cccc3C2=O)C(=O)N1. The number of allylic oxidation sites excluding steroid dienone is 1. The molecule has 2 heterocycles. The van der Waals surface area contributed by atoms with Gasteiger partial charge in [-0.2, -0.15) is 0 Å². The zero-order chi connectivity index (χ0) is 20.7. The number of nitrogens with zero attached hydrogens (tertiary/aromatic N) is 1.